The topological polar surface area (TPSA) is 290 Å². The molecule has 0 spiro atoms. The monoisotopic (exact) mass is 948 g/mol. The van der Waals surface area contributed by atoms with Gasteiger partial charge in [-0.3, -0.25) is 9.11 Å². The molecule has 0 amide bonds. The molecule has 0 bridgehead atoms. The van der Waals surface area contributed by atoms with Crippen LogP contribution in [0.4, 0.5) is 62.0 Å². The van der Waals surface area contributed by atoms with Crippen molar-refractivity contribution < 1.29 is 45.6 Å². The van der Waals surface area contributed by atoms with Gasteiger partial charge in [0.25, 0.3) is 20.2 Å². The fourth-order valence-corrected chi connectivity index (χ4v) is 9.47. The number of azo groups is 2. The number of nitrogens with zero attached hydrogens (tertiary/aromatic N) is 10. The van der Waals surface area contributed by atoms with Gasteiger partial charge >= 0.3 is 0 Å². The van der Waals surface area contributed by atoms with Crippen molar-refractivity contribution in [1.82, 2.24) is 15.0 Å². The van der Waals surface area contributed by atoms with Gasteiger partial charge in [0.2, 0.25) is 17.8 Å². The van der Waals surface area contributed by atoms with E-state index in [0.29, 0.717) is 60.4 Å². The van der Waals surface area contributed by atoms with Crippen LogP contribution in [0.5, 0.6) is 11.5 Å². The van der Waals surface area contributed by atoms with Gasteiger partial charge in [-0.25, -0.2) is 0 Å². The molecule has 6 N–H and O–H groups in total. The number of ether oxygens (including phenoxy) is 2. The van der Waals surface area contributed by atoms with Crippen molar-refractivity contribution in [2.75, 3.05) is 92.0 Å². The smallest absolute Gasteiger partial charge is 0.297 e. The third kappa shape index (κ3) is 11.9. The minimum atomic E-state index is -4.61. The van der Waals surface area contributed by atoms with Gasteiger partial charge in [-0.05, 0) is 62.7 Å². The first-order valence-electron chi connectivity index (χ1n) is 19.3. The Morgan fingerprint density at radius 1 is 0.619 bits per heavy atom. The molecule has 26 heteroatoms. The van der Waals surface area contributed by atoms with E-state index in [2.05, 4.69) is 46.0 Å². The third-order valence-corrected chi connectivity index (χ3v) is 12.8. The number of rotatable bonds is 23. The number of hydrogen-bond donors (Lipinski definition) is 6. The van der Waals surface area contributed by atoms with Crippen LogP contribution >= 0.6 is 22.7 Å². The highest BCUT2D eigenvalue weighted by molar-refractivity contribution is 7.86. The Morgan fingerprint density at radius 2 is 1.02 bits per heavy atom. The highest BCUT2D eigenvalue weighted by Gasteiger charge is 2.23. The van der Waals surface area contributed by atoms with E-state index in [1.54, 1.807) is 24.3 Å². The predicted molar refractivity (Wildman–Crippen MR) is 243 cm³/mol. The zero-order valence-electron chi connectivity index (χ0n) is 35.1. The van der Waals surface area contributed by atoms with Crippen LogP contribution in [-0.2, 0) is 20.2 Å². The van der Waals surface area contributed by atoms with Crippen LogP contribution < -0.4 is 34.8 Å². The zero-order chi connectivity index (χ0) is 45.9. The second kappa shape index (κ2) is 21.7. The number of aliphatic hydroxyl groups is 2. The molecule has 0 saturated heterocycles. The molecule has 2 aromatic carbocycles. The Labute approximate surface area is 372 Å². The van der Waals surface area contributed by atoms with Gasteiger partial charge in [0.05, 0.1) is 50.2 Å². The molecule has 0 aliphatic rings. The van der Waals surface area contributed by atoms with Crippen molar-refractivity contribution in [2.24, 2.45) is 20.5 Å². The summed E-state index contributed by atoms with van der Waals surface area (Å²) in [6.45, 7) is 9.70. The summed E-state index contributed by atoms with van der Waals surface area (Å²) in [5, 5.41) is 46.1. The van der Waals surface area contributed by atoms with E-state index in [1.165, 1.54) is 42.0 Å². The van der Waals surface area contributed by atoms with Crippen LogP contribution in [0.25, 0.3) is 0 Å². The molecular formula is C37H48N12O10S4. The number of aliphatic hydroxyl groups excluding tert-OH is 2. The Bertz CT molecular complexity index is 2460. The minimum absolute atomic E-state index is 0.0273. The van der Waals surface area contributed by atoms with Crippen LogP contribution in [0.15, 0.2) is 77.4 Å². The molecule has 0 fully saturated rings. The van der Waals surface area contributed by atoms with Gasteiger partial charge < -0.3 is 45.0 Å². The van der Waals surface area contributed by atoms with Crippen molar-refractivity contribution in [3.05, 3.63) is 47.2 Å². The highest BCUT2D eigenvalue weighted by Crippen LogP contribution is 2.43. The molecule has 0 aliphatic heterocycles. The summed E-state index contributed by atoms with van der Waals surface area (Å²) in [6, 6.07) is 9.08. The SMILES string of the molecule is CCN(CC)c1cc(Nc2nc(Nc3cc(N(CC)CC)c(OC)cc3N=Nc3sccc3S(=O)(=O)O)nc(N(CCO)CCO)n2)c(N=Nc2sccc2S(=O)(=O)O)cc1OC. The quantitative estimate of drug-likeness (QED) is 0.0276. The van der Waals surface area contributed by atoms with E-state index in [4.69, 9.17) is 9.47 Å². The van der Waals surface area contributed by atoms with Gasteiger partial charge in [0, 0.05) is 51.4 Å². The third-order valence-electron chi connectivity index (χ3n) is 9.21. The number of nitrogens with one attached hydrogen (secondary N) is 2. The second-order valence-corrected chi connectivity index (χ2v) is 17.5. The number of anilines is 7. The molecule has 0 aliphatic carbocycles. The molecule has 3 heterocycles. The van der Waals surface area contributed by atoms with E-state index in [0.717, 1.165) is 22.7 Å². The van der Waals surface area contributed by atoms with Crippen molar-refractivity contribution >= 4 is 105 Å². The Morgan fingerprint density at radius 3 is 1.35 bits per heavy atom. The Hall–Kier alpha value is -5.61. The van der Waals surface area contributed by atoms with Crippen molar-refractivity contribution in [3.63, 3.8) is 0 Å². The summed E-state index contributed by atoms with van der Waals surface area (Å²) >= 11 is 1.90. The van der Waals surface area contributed by atoms with Gasteiger partial charge in [-0.1, -0.05) is 0 Å². The lowest BCUT2D eigenvalue weighted by molar-refractivity contribution is 0.280. The Balaban J connectivity index is 1.72. The maximum Gasteiger partial charge on any atom is 0.297 e. The molecule has 0 radical (unpaired) electrons. The maximum atomic E-state index is 12.0. The highest BCUT2D eigenvalue weighted by atomic mass is 32.2. The summed E-state index contributed by atoms with van der Waals surface area (Å²) in [4.78, 5) is 18.7. The van der Waals surface area contributed by atoms with E-state index in [1.807, 2.05) is 37.5 Å². The van der Waals surface area contributed by atoms with Gasteiger partial charge in [-0.15, -0.1) is 43.1 Å². The number of methoxy groups -OCH3 is 2. The zero-order valence-corrected chi connectivity index (χ0v) is 38.4. The van der Waals surface area contributed by atoms with E-state index >= 15 is 0 Å². The van der Waals surface area contributed by atoms with E-state index in [-0.39, 0.29) is 65.5 Å². The largest absolute Gasteiger partial charge is 0.494 e. The average Bonchev–Trinajstić information content (AvgIpc) is 3.95. The first kappa shape index (κ1) is 48.4. The van der Waals surface area contributed by atoms with Crippen LogP contribution in [0.1, 0.15) is 27.7 Å². The van der Waals surface area contributed by atoms with Gasteiger partial charge in [0.1, 0.15) is 32.7 Å². The fourth-order valence-electron chi connectivity index (χ4n) is 6.16. The summed E-state index contributed by atoms with van der Waals surface area (Å²) in [5.74, 6) is 0.773. The Kier molecular flexibility index (Phi) is 16.6. The molecule has 22 nitrogen and oxygen atoms in total. The van der Waals surface area contributed by atoms with Gasteiger partial charge in [0.15, 0.2) is 10.0 Å². The molecule has 5 rings (SSSR count). The first-order chi connectivity index (χ1) is 30.1. The molecular weight excluding hydrogens is 901 g/mol. The summed E-state index contributed by atoms with van der Waals surface area (Å²) in [6.07, 6.45) is 0. The molecule has 0 atom stereocenters. The maximum absolute atomic E-state index is 12.0. The van der Waals surface area contributed by atoms with Crippen molar-refractivity contribution in [3.8, 4) is 11.5 Å². The van der Waals surface area contributed by atoms with Crippen molar-refractivity contribution in [2.45, 2.75) is 37.5 Å². The first-order valence-corrected chi connectivity index (χ1v) is 23.9. The molecule has 5 aromatic rings. The van der Waals surface area contributed by atoms with Crippen molar-refractivity contribution in [1.29, 1.82) is 0 Å². The van der Waals surface area contributed by atoms with Crippen LogP contribution in [0, 0.1) is 0 Å². The lowest BCUT2D eigenvalue weighted by atomic mass is 10.2. The standard InChI is InChI=1S/C37H48N12O10S4/c1-7-47(8-2)27-19-23(25(21-29(27)58-5)43-45-33-31(11-17-60-33)62(52,53)54)38-35-40-36(42-37(41-35)49(13-15-50)14-16-51)39-24-20-28(48(9-3)10-4)30(59-6)22-26(24)44-46-34-32(12-18-61-34)63(55,56)57/h11-12,17-22,50-51H,7-10,13-16H2,1-6H3,(H,52,53,54)(H,55,56,57)(H2,38,39,40,41,42). The van der Waals surface area contributed by atoms with E-state index < -0.39 is 30.0 Å². The van der Waals surface area contributed by atoms with Crippen LogP contribution in [-0.4, -0.2) is 118 Å². The predicted octanol–water partition coefficient (Wildman–Crippen LogP) is 7.31. The lowest BCUT2D eigenvalue weighted by Crippen LogP contribution is -2.31. The molecule has 340 valence electrons. The fraction of sp³-hybridized carbons (Fsp3) is 0.378. The van der Waals surface area contributed by atoms with Crippen LogP contribution in [0.3, 0.4) is 0 Å². The molecule has 3 aromatic heterocycles. The van der Waals surface area contributed by atoms with Gasteiger partial charge in [-0.2, -0.15) is 31.8 Å². The molecule has 0 saturated carbocycles. The summed E-state index contributed by atoms with van der Waals surface area (Å²) in [5.41, 5.74) is 2.23. The second-order valence-electron chi connectivity index (χ2n) is 12.9. The lowest BCUT2D eigenvalue weighted by Gasteiger charge is -2.25. The minimum Gasteiger partial charge on any atom is -0.494 e. The normalized spacial score (nSPS) is 12.0. The number of thiophene rings is 2. The number of benzene rings is 2. The van der Waals surface area contributed by atoms with Crippen LogP contribution in [0.2, 0.25) is 0 Å². The number of hydrogen-bond acceptors (Lipinski definition) is 22. The number of aromatic nitrogens is 3. The molecule has 63 heavy (non-hydrogen) atoms. The van der Waals surface area contributed by atoms with E-state index in [9.17, 15) is 36.2 Å². The summed E-state index contributed by atoms with van der Waals surface area (Å²) < 4.78 is 79.2. The average molecular weight is 949 g/mol. The molecule has 0 unspecified atom stereocenters. The summed E-state index contributed by atoms with van der Waals surface area (Å²) in [7, 11) is -6.23.